The lowest BCUT2D eigenvalue weighted by atomic mass is 10.1. The van der Waals surface area contributed by atoms with Gasteiger partial charge in [-0.25, -0.2) is 0 Å². The highest BCUT2D eigenvalue weighted by Crippen LogP contribution is 2.47. The molecule has 2 unspecified atom stereocenters. The predicted octanol–water partition coefficient (Wildman–Crippen LogP) is 4.62. The van der Waals surface area contributed by atoms with Gasteiger partial charge in [-0.2, -0.15) is 0 Å². The molecule has 2 atom stereocenters. The number of amides is 1. The molecule has 0 bridgehead atoms. The minimum Gasteiger partial charge on any atom is -0.459 e. The number of carbonyl (C=O) groups is 1. The van der Waals surface area contributed by atoms with E-state index in [1.807, 2.05) is 42.5 Å². The molecule has 4 heteroatoms. The Bertz CT molecular complexity index is 820. The molecule has 23 heavy (non-hydrogen) atoms. The molecule has 116 valence electrons. The first-order valence-corrected chi connectivity index (χ1v) is 8.50. The SMILES string of the molecule is O=C(NCc1cc2ccccc2o1)C1CC1c1ccc(Br)cc1. The summed E-state index contributed by atoms with van der Waals surface area (Å²) in [6.45, 7) is 0.442. The summed E-state index contributed by atoms with van der Waals surface area (Å²) in [5, 5.41) is 4.06. The van der Waals surface area contributed by atoms with Crippen molar-refractivity contribution in [2.45, 2.75) is 18.9 Å². The average Bonchev–Trinajstić information content (AvgIpc) is 3.25. The van der Waals surface area contributed by atoms with E-state index >= 15 is 0 Å². The maximum atomic E-state index is 12.3. The maximum Gasteiger partial charge on any atom is 0.224 e. The molecule has 1 aromatic heterocycles. The van der Waals surface area contributed by atoms with Gasteiger partial charge in [0.2, 0.25) is 5.91 Å². The molecular weight excluding hydrogens is 354 g/mol. The number of nitrogens with one attached hydrogen (secondary N) is 1. The van der Waals surface area contributed by atoms with Gasteiger partial charge in [-0.3, -0.25) is 4.79 Å². The Labute approximate surface area is 142 Å². The highest BCUT2D eigenvalue weighted by molar-refractivity contribution is 9.10. The second-order valence-electron chi connectivity index (χ2n) is 5.97. The van der Waals surface area contributed by atoms with Gasteiger partial charge in [0.25, 0.3) is 0 Å². The van der Waals surface area contributed by atoms with Crippen molar-refractivity contribution in [3.8, 4) is 0 Å². The number of carbonyl (C=O) groups excluding carboxylic acids is 1. The van der Waals surface area contributed by atoms with Gasteiger partial charge in [-0.15, -0.1) is 0 Å². The summed E-state index contributed by atoms with van der Waals surface area (Å²) in [6.07, 6.45) is 0.924. The summed E-state index contributed by atoms with van der Waals surface area (Å²) < 4.78 is 6.79. The van der Waals surface area contributed by atoms with E-state index in [0.717, 1.165) is 27.6 Å². The van der Waals surface area contributed by atoms with Crippen molar-refractivity contribution in [1.29, 1.82) is 0 Å². The molecule has 3 nitrogen and oxygen atoms in total. The van der Waals surface area contributed by atoms with Crippen LogP contribution in [0.3, 0.4) is 0 Å². The molecule has 0 saturated heterocycles. The van der Waals surface area contributed by atoms with Gasteiger partial charge in [0.05, 0.1) is 6.54 Å². The predicted molar refractivity (Wildman–Crippen MR) is 93.1 cm³/mol. The molecule has 1 aliphatic carbocycles. The zero-order valence-corrected chi connectivity index (χ0v) is 14.0. The number of fused-ring (bicyclic) bond motifs is 1. The summed E-state index contributed by atoms with van der Waals surface area (Å²) >= 11 is 3.43. The topological polar surface area (TPSA) is 42.2 Å². The summed E-state index contributed by atoms with van der Waals surface area (Å²) in [5.74, 6) is 1.33. The summed E-state index contributed by atoms with van der Waals surface area (Å²) in [4.78, 5) is 12.3. The van der Waals surface area contributed by atoms with Crippen LogP contribution in [0.4, 0.5) is 0 Å². The molecule has 3 aromatic rings. The van der Waals surface area contributed by atoms with Gasteiger partial charge in [-0.1, -0.05) is 46.3 Å². The van der Waals surface area contributed by atoms with E-state index in [-0.39, 0.29) is 11.8 Å². The van der Waals surface area contributed by atoms with E-state index in [2.05, 4.69) is 33.4 Å². The maximum absolute atomic E-state index is 12.3. The quantitative estimate of drug-likeness (QED) is 0.729. The largest absolute Gasteiger partial charge is 0.459 e. The van der Waals surface area contributed by atoms with Crippen LogP contribution in [0.1, 0.15) is 23.7 Å². The molecule has 0 radical (unpaired) electrons. The molecule has 1 amide bonds. The third-order valence-corrected chi connectivity index (χ3v) is 4.87. The third-order valence-electron chi connectivity index (χ3n) is 4.34. The third kappa shape index (κ3) is 3.04. The highest BCUT2D eigenvalue weighted by Gasteiger charge is 2.43. The van der Waals surface area contributed by atoms with Crippen molar-refractivity contribution >= 4 is 32.8 Å². The number of para-hydroxylation sites is 1. The minimum atomic E-state index is 0.0838. The fourth-order valence-electron chi connectivity index (χ4n) is 2.99. The molecule has 1 fully saturated rings. The second kappa shape index (κ2) is 5.85. The molecule has 2 aromatic carbocycles. The summed E-state index contributed by atoms with van der Waals surface area (Å²) in [5.41, 5.74) is 2.09. The van der Waals surface area contributed by atoms with Crippen molar-refractivity contribution in [3.05, 3.63) is 70.4 Å². The Balaban J connectivity index is 1.36. The van der Waals surface area contributed by atoms with Crippen LogP contribution < -0.4 is 5.32 Å². The van der Waals surface area contributed by atoms with Crippen LogP contribution in [0.15, 0.2) is 63.5 Å². The van der Waals surface area contributed by atoms with Crippen molar-refractivity contribution in [1.82, 2.24) is 5.32 Å². The molecule has 1 N–H and O–H groups in total. The molecule has 0 spiro atoms. The lowest BCUT2D eigenvalue weighted by Gasteiger charge is -2.03. The van der Waals surface area contributed by atoms with Gasteiger partial charge in [0, 0.05) is 15.8 Å². The highest BCUT2D eigenvalue weighted by atomic mass is 79.9. The standard InChI is InChI=1S/C19H16BrNO2/c20-14-7-5-12(6-8-14)16-10-17(16)19(22)21-11-15-9-13-3-1-2-4-18(13)23-15/h1-9,16-17H,10-11H2,(H,21,22). The Morgan fingerprint density at radius 2 is 1.96 bits per heavy atom. The lowest BCUT2D eigenvalue weighted by molar-refractivity contribution is -0.122. The van der Waals surface area contributed by atoms with Crippen LogP contribution in [0.25, 0.3) is 11.0 Å². The number of rotatable bonds is 4. The van der Waals surface area contributed by atoms with Crippen molar-refractivity contribution in [2.24, 2.45) is 5.92 Å². The number of hydrogen-bond donors (Lipinski definition) is 1. The zero-order chi connectivity index (χ0) is 15.8. The first-order chi connectivity index (χ1) is 11.2. The number of hydrogen-bond acceptors (Lipinski definition) is 2. The van der Waals surface area contributed by atoms with Crippen LogP contribution in [0.5, 0.6) is 0 Å². The van der Waals surface area contributed by atoms with Gasteiger partial charge in [-0.05, 0) is 42.2 Å². The minimum absolute atomic E-state index is 0.0838. The number of halogens is 1. The smallest absolute Gasteiger partial charge is 0.224 e. The van der Waals surface area contributed by atoms with E-state index in [4.69, 9.17) is 4.42 Å². The van der Waals surface area contributed by atoms with Crippen molar-refractivity contribution in [3.63, 3.8) is 0 Å². The molecule has 1 heterocycles. The van der Waals surface area contributed by atoms with Crippen molar-refractivity contribution in [2.75, 3.05) is 0 Å². The Morgan fingerprint density at radius 1 is 1.17 bits per heavy atom. The van der Waals surface area contributed by atoms with E-state index in [0.29, 0.717) is 12.5 Å². The van der Waals surface area contributed by atoms with Crippen LogP contribution in [0.2, 0.25) is 0 Å². The fraction of sp³-hybridized carbons (Fsp3) is 0.211. The van der Waals surface area contributed by atoms with Gasteiger partial charge in [0.1, 0.15) is 11.3 Å². The van der Waals surface area contributed by atoms with E-state index in [1.54, 1.807) is 0 Å². The second-order valence-corrected chi connectivity index (χ2v) is 6.88. The van der Waals surface area contributed by atoms with Crippen molar-refractivity contribution < 1.29 is 9.21 Å². The zero-order valence-electron chi connectivity index (χ0n) is 12.5. The molecular formula is C19H16BrNO2. The first kappa shape index (κ1) is 14.5. The van der Waals surface area contributed by atoms with Gasteiger partial charge in [0.15, 0.2) is 0 Å². The van der Waals surface area contributed by atoms with Crippen LogP contribution >= 0.6 is 15.9 Å². The molecule has 1 saturated carbocycles. The average molecular weight is 370 g/mol. The van der Waals surface area contributed by atoms with Gasteiger partial charge < -0.3 is 9.73 Å². The monoisotopic (exact) mass is 369 g/mol. The summed E-state index contributed by atoms with van der Waals surface area (Å²) in [7, 11) is 0. The Morgan fingerprint density at radius 3 is 2.74 bits per heavy atom. The number of furan rings is 1. The first-order valence-electron chi connectivity index (χ1n) is 7.71. The normalized spacial score (nSPS) is 19.7. The van der Waals surface area contributed by atoms with E-state index < -0.39 is 0 Å². The Hall–Kier alpha value is -2.07. The van der Waals surface area contributed by atoms with Crippen LogP contribution in [0, 0.1) is 5.92 Å². The van der Waals surface area contributed by atoms with E-state index in [1.165, 1.54) is 5.56 Å². The van der Waals surface area contributed by atoms with Gasteiger partial charge >= 0.3 is 0 Å². The van der Waals surface area contributed by atoms with Crippen LogP contribution in [-0.2, 0) is 11.3 Å². The molecule has 0 aliphatic heterocycles. The summed E-state index contributed by atoms with van der Waals surface area (Å²) in [6, 6.07) is 18.1. The number of benzene rings is 2. The molecule has 1 aliphatic rings. The van der Waals surface area contributed by atoms with Crippen LogP contribution in [-0.4, -0.2) is 5.91 Å². The Kier molecular flexibility index (Phi) is 3.69. The van der Waals surface area contributed by atoms with E-state index in [9.17, 15) is 4.79 Å². The fourth-order valence-corrected chi connectivity index (χ4v) is 3.26. The lowest BCUT2D eigenvalue weighted by Crippen LogP contribution is -2.24. The molecule has 4 rings (SSSR count).